The molecule has 5 aromatic rings. The highest BCUT2D eigenvalue weighted by Gasteiger charge is 2.19. The molecule has 0 aliphatic rings. The van der Waals surface area contributed by atoms with E-state index in [9.17, 15) is 9.59 Å². The van der Waals surface area contributed by atoms with Gasteiger partial charge in [0.15, 0.2) is 11.5 Å². The van der Waals surface area contributed by atoms with Crippen LogP contribution in [0.4, 0.5) is 5.69 Å². The van der Waals surface area contributed by atoms with E-state index in [-0.39, 0.29) is 5.69 Å². The molecule has 0 atom stereocenters. The highest BCUT2D eigenvalue weighted by Crippen LogP contribution is 2.30. The number of esters is 1. The molecule has 0 radical (unpaired) electrons. The number of hydrogen-bond acceptors (Lipinski definition) is 7. The zero-order valence-electron chi connectivity index (χ0n) is 18.4. The molecule has 168 valence electrons. The molecule has 2 aromatic heterocycles. The molecule has 1 amide bonds. The minimum absolute atomic E-state index is 0.164. The van der Waals surface area contributed by atoms with Gasteiger partial charge in [0.2, 0.25) is 0 Å². The summed E-state index contributed by atoms with van der Waals surface area (Å²) in [7, 11) is 1.30. The van der Waals surface area contributed by atoms with Gasteiger partial charge in [0, 0.05) is 11.3 Å². The predicted octanol–water partition coefficient (Wildman–Crippen LogP) is 4.42. The van der Waals surface area contributed by atoms with Crippen LogP contribution in [0.5, 0.6) is 0 Å². The number of methoxy groups -OCH3 is 1. The van der Waals surface area contributed by atoms with Gasteiger partial charge in [0.25, 0.3) is 5.91 Å². The number of nitrogens with one attached hydrogen (secondary N) is 1. The van der Waals surface area contributed by atoms with Crippen LogP contribution in [-0.2, 0) is 4.74 Å². The monoisotopic (exact) mass is 453 g/mol. The summed E-state index contributed by atoms with van der Waals surface area (Å²) in [5, 5.41) is 16.0. The Kier molecular flexibility index (Phi) is 5.35. The van der Waals surface area contributed by atoms with Gasteiger partial charge < -0.3 is 14.6 Å². The Morgan fingerprint density at radius 2 is 1.82 bits per heavy atom. The lowest BCUT2D eigenvalue weighted by Gasteiger charge is -2.07. The van der Waals surface area contributed by atoms with Gasteiger partial charge in [0.05, 0.1) is 29.4 Å². The van der Waals surface area contributed by atoms with Gasteiger partial charge in [-0.3, -0.25) is 4.79 Å². The highest BCUT2D eigenvalue weighted by molar-refractivity contribution is 6.04. The summed E-state index contributed by atoms with van der Waals surface area (Å²) in [6, 6.07) is 21.7. The molecule has 0 spiro atoms. The van der Waals surface area contributed by atoms with Crippen LogP contribution in [0, 0.1) is 6.92 Å². The molecule has 3 aromatic carbocycles. The number of rotatable bonds is 5. The van der Waals surface area contributed by atoms with Crippen LogP contribution in [0.3, 0.4) is 0 Å². The molecule has 5 rings (SSSR count). The summed E-state index contributed by atoms with van der Waals surface area (Å²) in [4.78, 5) is 24.6. The van der Waals surface area contributed by atoms with Crippen LogP contribution in [0.2, 0.25) is 0 Å². The normalized spacial score (nSPS) is 10.9. The zero-order valence-corrected chi connectivity index (χ0v) is 18.4. The number of nitrogens with zero attached hydrogens (tertiary/aromatic N) is 4. The topological polar surface area (TPSA) is 112 Å². The quantitative estimate of drug-likeness (QED) is 0.392. The van der Waals surface area contributed by atoms with Crippen molar-refractivity contribution in [1.29, 1.82) is 0 Å². The van der Waals surface area contributed by atoms with Crippen molar-refractivity contribution >= 4 is 28.5 Å². The summed E-state index contributed by atoms with van der Waals surface area (Å²) in [6.45, 7) is 1.76. The van der Waals surface area contributed by atoms with Crippen molar-refractivity contribution in [3.8, 4) is 17.0 Å². The molecule has 0 fully saturated rings. The van der Waals surface area contributed by atoms with E-state index in [2.05, 4.69) is 20.8 Å². The fraction of sp³-hybridized carbons (Fsp3) is 0.0800. The van der Waals surface area contributed by atoms with Gasteiger partial charge in [-0.15, -0.1) is 5.10 Å². The molecule has 0 unspecified atom stereocenters. The van der Waals surface area contributed by atoms with Crippen molar-refractivity contribution in [3.05, 3.63) is 89.7 Å². The van der Waals surface area contributed by atoms with Crippen LogP contribution >= 0.6 is 0 Å². The van der Waals surface area contributed by atoms with Gasteiger partial charge in [-0.05, 0) is 43.3 Å². The largest absolute Gasteiger partial charge is 0.465 e. The maximum absolute atomic E-state index is 12.9. The number of aromatic nitrogens is 4. The summed E-state index contributed by atoms with van der Waals surface area (Å²) >= 11 is 0. The number of benzene rings is 3. The Morgan fingerprint density at radius 1 is 1.00 bits per heavy atom. The van der Waals surface area contributed by atoms with E-state index >= 15 is 0 Å². The number of anilines is 1. The van der Waals surface area contributed by atoms with Crippen LogP contribution in [-0.4, -0.2) is 39.1 Å². The maximum Gasteiger partial charge on any atom is 0.337 e. The Balaban J connectivity index is 1.45. The lowest BCUT2D eigenvalue weighted by atomic mass is 10.1. The molecule has 9 heteroatoms. The van der Waals surface area contributed by atoms with Crippen LogP contribution < -0.4 is 5.32 Å². The minimum Gasteiger partial charge on any atom is -0.465 e. The van der Waals surface area contributed by atoms with Gasteiger partial charge in [-0.25, -0.2) is 9.48 Å². The fourth-order valence-corrected chi connectivity index (χ4v) is 3.68. The van der Waals surface area contributed by atoms with Gasteiger partial charge in [-0.1, -0.05) is 46.8 Å². The molecule has 0 saturated heterocycles. The van der Waals surface area contributed by atoms with E-state index in [1.165, 1.54) is 13.2 Å². The second-order valence-electron chi connectivity index (χ2n) is 7.54. The second-order valence-corrected chi connectivity index (χ2v) is 7.54. The van der Waals surface area contributed by atoms with Crippen LogP contribution in [0.1, 0.15) is 26.5 Å². The standard InChI is InChI=1S/C25H19N5O4/c1-15-22(24(31)26-18-10-6-9-17(13-18)25(32)33-2)27-29-30(15)19-11-12-21-20(14-19)23(34-28-21)16-7-4-3-5-8-16/h3-14H,1-2H3,(H,26,31). The van der Waals surface area contributed by atoms with Gasteiger partial charge in [0.1, 0.15) is 5.52 Å². The molecule has 34 heavy (non-hydrogen) atoms. The minimum atomic E-state index is -0.489. The lowest BCUT2D eigenvalue weighted by molar-refractivity contribution is 0.0600. The summed E-state index contributed by atoms with van der Waals surface area (Å²) in [5.74, 6) is -0.280. The van der Waals surface area contributed by atoms with E-state index in [1.807, 2.05) is 48.5 Å². The number of fused-ring (bicyclic) bond motifs is 1. The van der Waals surface area contributed by atoms with Crippen LogP contribution in [0.25, 0.3) is 27.9 Å². The Morgan fingerprint density at radius 3 is 2.62 bits per heavy atom. The first-order valence-electron chi connectivity index (χ1n) is 10.4. The van der Waals surface area contributed by atoms with Crippen molar-refractivity contribution in [2.45, 2.75) is 6.92 Å². The average molecular weight is 453 g/mol. The first-order chi connectivity index (χ1) is 16.5. The van der Waals surface area contributed by atoms with Crippen molar-refractivity contribution in [1.82, 2.24) is 20.2 Å². The first kappa shape index (κ1) is 21.1. The lowest BCUT2D eigenvalue weighted by Crippen LogP contribution is -2.14. The van der Waals surface area contributed by atoms with E-state index < -0.39 is 11.9 Å². The van der Waals surface area contributed by atoms with Crippen molar-refractivity contribution in [2.75, 3.05) is 12.4 Å². The molecule has 1 N–H and O–H groups in total. The highest BCUT2D eigenvalue weighted by atomic mass is 16.5. The predicted molar refractivity (Wildman–Crippen MR) is 125 cm³/mol. The van der Waals surface area contributed by atoms with E-state index in [0.717, 1.165) is 10.9 Å². The third-order valence-electron chi connectivity index (χ3n) is 5.39. The molecule has 0 aliphatic heterocycles. The number of hydrogen-bond donors (Lipinski definition) is 1. The summed E-state index contributed by atoms with van der Waals surface area (Å²) < 4.78 is 11.9. The van der Waals surface area contributed by atoms with Crippen molar-refractivity contribution in [3.63, 3.8) is 0 Å². The Bertz CT molecular complexity index is 1520. The molecule has 9 nitrogen and oxygen atoms in total. The number of amides is 1. The SMILES string of the molecule is COC(=O)c1cccc(NC(=O)c2nnn(-c3ccc4noc(-c5ccccc5)c4c3)c2C)c1. The number of carbonyl (C=O) groups is 2. The smallest absolute Gasteiger partial charge is 0.337 e. The molecule has 0 saturated carbocycles. The molecular formula is C25H19N5O4. The number of ether oxygens (including phenoxy) is 1. The molecule has 2 heterocycles. The van der Waals surface area contributed by atoms with Crippen molar-refractivity contribution in [2.24, 2.45) is 0 Å². The summed E-state index contributed by atoms with van der Waals surface area (Å²) in [6.07, 6.45) is 0. The fourth-order valence-electron chi connectivity index (χ4n) is 3.68. The third kappa shape index (κ3) is 3.79. The van der Waals surface area contributed by atoms with E-state index in [0.29, 0.717) is 33.9 Å². The second kappa shape index (κ2) is 8.62. The Labute approximate surface area is 193 Å². The zero-order chi connectivity index (χ0) is 23.7. The number of carbonyl (C=O) groups excluding carboxylic acids is 2. The third-order valence-corrected chi connectivity index (χ3v) is 5.39. The van der Waals surface area contributed by atoms with Crippen LogP contribution in [0.15, 0.2) is 77.3 Å². The van der Waals surface area contributed by atoms with Crippen molar-refractivity contribution < 1.29 is 18.8 Å². The molecular weight excluding hydrogens is 434 g/mol. The average Bonchev–Trinajstić information content (AvgIpc) is 3.47. The first-order valence-corrected chi connectivity index (χ1v) is 10.4. The Hall–Kier alpha value is -4.79. The molecule has 0 aliphatic carbocycles. The van der Waals surface area contributed by atoms with Gasteiger partial charge in [-0.2, -0.15) is 0 Å². The summed E-state index contributed by atoms with van der Waals surface area (Å²) in [5.41, 5.74) is 3.83. The van der Waals surface area contributed by atoms with Gasteiger partial charge >= 0.3 is 5.97 Å². The van der Waals surface area contributed by atoms with E-state index in [4.69, 9.17) is 9.26 Å². The maximum atomic E-state index is 12.9. The van der Waals surface area contributed by atoms with E-state index in [1.54, 1.807) is 29.8 Å². The molecule has 0 bridgehead atoms.